The number of nitro groups is 1. The highest BCUT2D eigenvalue weighted by Crippen LogP contribution is 2.09. The third-order valence-electron chi connectivity index (χ3n) is 1.13. The fraction of sp³-hybridized carbons (Fsp3) is 1.00. The Morgan fingerprint density at radius 2 is 2.10 bits per heavy atom. The lowest BCUT2D eigenvalue weighted by Gasteiger charge is -2.14. The van der Waals surface area contributed by atoms with Crippen LogP contribution in [0, 0.1) is 10.1 Å². The molecular formula is C6H13NO3. The topological polar surface area (TPSA) is 63.4 Å². The Bertz CT molecular complexity index is 117. The fourth-order valence-electron chi connectivity index (χ4n) is 0.641. The molecule has 0 amide bonds. The molecule has 60 valence electrons. The maximum absolute atomic E-state index is 9.81. The van der Waals surface area contributed by atoms with Crippen molar-refractivity contribution in [2.24, 2.45) is 0 Å². The van der Waals surface area contributed by atoms with Gasteiger partial charge in [0.05, 0.1) is 5.60 Å². The third-order valence-corrected chi connectivity index (χ3v) is 1.13. The van der Waals surface area contributed by atoms with Gasteiger partial charge in [0.15, 0.2) is 0 Å². The van der Waals surface area contributed by atoms with Gasteiger partial charge < -0.3 is 5.11 Å². The molecule has 0 saturated carbocycles. The van der Waals surface area contributed by atoms with Crippen molar-refractivity contribution in [2.75, 3.05) is 6.54 Å². The molecule has 0 aliphatic heterocycles. The van der Waals surface area contributed by atoms with Crippen molar-refractivity contribution in [3.63, 3.8) is 0 Å². The van der Waals surface area contributed by atoms with Crippen LogP contribution in [-0.2, 0) is 0 Å². The van der Waals surface area contributed by atoms with Crippen LogP contribution >= 0.6 is 0 Å². The summed E-state index contributed by atoms with van der Waals surface area (Å²) in [6, 6.07) is 0. The summed E-state index contributed by atoms with van der Waals surface area (Å²) in [5.41, 5.74) is -0.768. The number of aliphatic hydroxyl groups is 1. The maximum atomic E-state index is 9.81. The standard InChI is InChI=1S/C6H13NO3/c1-6(2,8)4-3-5-7(9)10/h8H,3-5H2,1-2H3. The molecule has 0 saturated heterocycles. The van der Waals surface area contributed by atoms with E-state index in [0.717, 1.165) is 0 Å². The zero-order chi connectivity index (χ0) is 8.20. The molecule has 10 heavy (non-hydrogen) atoms. The monoisotopic (exact) mass is 147 g/mol. The summed E-state index contributed by atoms with van der Waals surface area (Å²) in [7, 11) is 0. The normalized spacial score (nSPS) is 11.5. The molecule has 0 radical (unpaired) electrons. The van der Waals surface area contributed by atoms with E-state index in [1.807, 2.05) is 0 Å². The van der Waals surface area contributed by atoms with E-state index in [0.29, 0.717) is 12.8 Å². The molecule has 0 unspecified atom stereocenters. The molecule has 0 aliphatic rings. The van der Waals surface area contributed by atoms with Gasteiger partial charge in [-0.2, -0.15) is 0 Å². The Morgan fingerprint density at radius 3 is 2.40 bits per heavy atom. The first-order valence-corrected chi connectivity index (χ1v) is 3.26. The smallest absolute Gasteiger partial charge is 0.204 e. The Morgan fingerprint density at radius 1 is 1.60 bits per heavy atom. The average molecular weight is 147 g/mol. The van der Waals surface area contributed by atoms with Crippen LogP contribution in [0.25, 0.3) is 0 Å². The van der Waals surface area contributed by atoms with Gasteiger partial charge in [-0.3, -0.25) is 10.1 Å². The zero-order valence-corrected chi connectivity index (χ0v) is 6.33. The van der Waals surface area contributed by atoms with Crippen LogP contribution in [0.3, 0.4) is 0 Å². The molecule has 0 spiro atoms. The van der Waals surface area contributed by atoms with E-state index in [-0.39, 0.29) is 11.5 Å². The van der Waals surface area contributed by atoms with Crippen LogP contribution in [0.1, 0.15) is 26.7 Å². The number of hydrogen-bond acceptors (Lipinski definition) is 3. The van der Waals surface area contributed by atoms with E-state index < -0.39 is 5.60 Å². The van der Waals surface area contributed by atoms with Crippen molar-refractivity contribution in [3.8, 4) is 0 Å². The second-order valence-electron chi connectivity index (χ2n) is 2.97. The lowest BCUT2D eigenvalue weighted by molar-refractivity contribution is -0.480. The molecule has 0 heterocycles. The van der Waals surface area contributed by atoms with Gasteiger partial charge in [0.1, 0.15) is 0 Å². The van der Waals surface area contributed by atoms with Gasteiger partial charge in [-0.15, -0.1) is 0 Å². The van der Waals surface area contributed by atoms with Crippen molar-refractivity contribution in [2.45, 2.75) is 32.3 Å². The summed E-state index contributed by atoms with van der Waals surface area (Å²) in [5, 5.41) is 18.9. The van der Waals surface area contributed by atoms with Gasteiger partial charge in [0.25, 0.3) is 0 Å². The summed E-state index contributed by atoms with van der Waals surface area (Å²) in [6.45, 7) is 3.24. The highest BCUT2D eigenvalue weighted by Gasteiger charge is 2.12. The predicted molar refractivity (Wildman–Crippen MR) is 37.4 cm³/mol. The summed E-state index contributed by atoms with van der Waals surface area (Å²) in [6.07, 6.45) is 0.921. The van der Waals surface area contributed by atoms with Crippen LogP contribution in [0.5, 0.6) is 0 Å². The zero-order valence-electron chi connectivity index (χ0n) is 6.33. The minimum Gasteiger partial charge on any atom is -0.390 e. The largest absolute Gasteiger partial charge is 0.390 e. The molecule has 0 aromatic carbocycles. The van der Waals surface area contributed by atoms with E-state index in [1.165, 1.54) is 0 Å². The van der Waals surface area contributed by atoms with Crippen molar-refractivity contribution < 1.29 is 10.0 Å². The first-order chi connectivity index (χ1) is 4.42. The molecule has 0 aliphatic carbocycles. The fourth-order valence-corrected chi connectivity index (χ4v) is 0.641. The molecule has 0 atom stereocenters. The summed E-state index contributed by atoms with van der Waals surface area (Å²) < 4.78 is 0. The van der Waals surface area contributed by atoms with Crippen molar-refractivity contribution in [1.29, 1.82) is 0 Å². The molecule has 0 aromatic rings. The maximum Gasteiger partial charge on any atom is 0.204 e. The Labute approximate surface area is 60.0 Å². The molecule has 0 rings (SSSR count). The number of rotatable bonds is 4. The van der Waals surface area contributed by atoms with Crippen molar-refractivity contribution in [3.05, 3.63) is 10.1 Å². The number of nitrogens with zero attached hydrogens (tertiary/aromatic N) is 1. The second kappa shape index (κ2) is 3.51. The highest BCUT2D eigenvalue weighted by molar-refractivity contribution is 4.63. The molecule has 4 heteroatoms. The molecule has 4 nitrogen and oxygen atoms in total. The lowest BCUT2D eigenvalue weighted by Crippen LogP contribution is -2.19. The van der Waals surface area contributed by atoms with Gasteiger partial charge in [0.2, 0.25) is 6.54 Å². The second-order valence-corrected chi connectivity index (χ2v) is 2.97. The van der Waals surface area contributed by atoms with Crippen LogP contribution in [-0.4, -0.2) is 22.2 Å². The Balaban J connectivity index is 3.29. The van der Waals surface area contributed by atoms with E-state index in [4.69, 9.17) is 5.11 Å². The van der Waals surface area contributed by atoms with Crippen LogP contribution in [0.4, 0.5) is 0 Å². The van der Waals surface area contributed by atoms with Crippen LogP contribution in [0.2, 0.25) is 0 Å². The minimum atomic E-state index is -0.768. The van der Waals surface area contributed by atoms with Crippen LogP contribution in [0.15, 0.2) is 0 Å². The number of hydrogen-bond donors (Lipinski definition) is 1. The van der Waals surface area contributed by atoms with Crippen molar-refractivity contribution in [1.82, 2.24) is 0 Å². The van der Waals surface area contributed by atoms with Gasteiger partial charge >= 0.3 is 0 Å². The molecular weight excluding hydrogens is 134 g/mol. The third kappa shape index (κ3) is 7.36. The lowest BCUT2D eigenvalue weighted by atomic mass is 10.0. The predicted octanol–water partition coefficient (Wildman–Crippen LogP) is 0.814. The first kappa shape index (κ1) is 9.36. The van der Waals surface area contributed by atoms with Gasteiger partial charge in [-0.25, -0.2) is 0 Å². The van der Waals surface area contributed by atoms with Crippen LogP contribution < -0.4 is 0 Å². The van der Waals surface area contributed by atoms with E-state index >= 15 is 0 Å². The summed E-state index contributed by atoms with van der Waals surface area (Å²) in [5.74, 6) is 0. The molecule has 1 N–H and O–H groups in total. The molecule has 0 fully saturated rings. The summed E-state index contributed by atoms with van der Waals surface area (Å²) >= 11 is 0. The first-order valence-electron chi connectivity index (χ1n) is 3.26. The Kier molecular flexibility index (Phi) is 3.28. The molecule has 0 aromatic heterocycles. The summed E-state index contributed by atoms with van der Waals surface area (Å²) in [4.78, 5) is 9.44. The Hall–Kier alpha value is -0.640. The molecule has 0 bridgehead atoms. The average Bonchev–Trinajstić information content (AvgIpc) is 1.59. The highest BCUT2D eigenvalue weighted by atomic mass is 16.6. The van der Waals surface area contributed by atoms with Crippen molar-refractivity contribution >= 4 is 0 Å². The van der Waals surface area contributed by atoms with E-state index in [1.54, 1.807) is 13.8 Å². The van der Waals surface area contributed by atoms with E-state index in [9.17, 15) is 10.1 Å². The van der Waals surface area contributed by atoms with Gasteiger partial charge in [0, 0.05) is 11.3 Å². The minimum absolute atomic E-state index is 0.0516. The van der Waals surface area contributed by atoms with Gasteiger partial charge in [-0.05, 0) is 20.3 Å². The SMILES string of the molecule is CC(C)(O)CCC[N+](=O)[O-]. The van der Waals surface area contributed by atoms with Gasteiger partial charge in [-0.1, -0.05) is 0 Å². The van der Waals surface area contributed by atoms with E-state index in [2.05, 4.69) is 0 Å². The quantitative estimate of drug-likeness (QED) is 0.473.